The molecule has 1 rings (SSSR count). The van der Waals surface area contributed by atoms with E-state index in [0.29, 0.717) is 17.2 Å². The van der Waals surface area contributed by atoms with Gasteiger partial charge in [0.25, 0.3) is 0 Å². The molecule has 0 aromatic rings. The van der Waals surface area contributed by atoms with Gasteiger partial charge in [0.2, 0.25) is 0 Å². The van der Waals surface area contributed by atoms with Crippen LogP contribution in [0.5, 0.6) is 0 Å². The maximum atomic E-state index is 12.3. The van der Waals surface area contributed by atoms with Crippen LogP contribution in [0.1, 0.15) is 52.9 Å². The van der Waals surface area contributed by atoms with E-state index in [1.807, 2.05) is 7.05 Å². The maximum Gasteiger partial charge on any atom is 0.0394 e. The Morgan fingerprint density at radius 3 is 2.24 bits per heavy atom. The molecule has 0 radical (unpaired) electrons. The SMILES string of the molecule is CNC(CS(=O)C(C)C(C)C)C1CCCCC1. The van der Waals surface area contributed by atoms with Crippen LogP contribution in [0.15, 0.2) is 0 Å². The average Bonchev–Trinajstić information content (AvgIpc) is 2.35. The van der Waals surface area contributed by atoms with Gasteiger partial charge in [-0.3, -0.25) is 4.21 Å². The third-order valence-electron chi connectivity index (χ3n) is 4.29. The van der Waals surface area contributed by atoms with Gasteiger partial charge in [0.05, 0.1) is 0 Å². The molecule has 1 saturated carbocycles. The second kappa shape index (κ2) is 7.52. The van der Waals surface area contributed by atoms with E-state index in [1.165, 1.54) is 32.1 Å². The zero-order chi connectivity index (χ0) is 12.8. The number of rotatable bonds is 6. The van der Waals surface area contributed by atoms with Gasteiger partial charge in [0.15, 0.2) is 0 Å². The van der Waals surface area contributed by atoms with E-state index in [0.717, 1.165) is 11.7 Å². The zero-order valence-corrected chi connectivity index (χ0v) is 12.7. The van der Waals surface area contributed by atoms with Crippen LogP contribution in [0.3, 0.4) is 0 Å². The molecule has 0 bridgehead atoms. The van der Waals surface area contributed by atoms with E-state index in [1.54, 1.807) is 0 Å². The van der Waals surface area contributed by atoms with Crippen molar-refractivity contribution in [2.45, 2.75) is 64.2 Å². The fourth-order valence-corrected chi connectivity index (χ4v) is 4.33. The van der Waals surface area contributed by atoms with Crippen molar-refractivity contribution in [1.82, 2.24) is 5.32 Å². The minimum atomic E-state index is -0.689. The van der Waals surface area contributed by atoms with Gasteiger partial charge in [-0.15, -0.1) is 0 Å². The molecular formula is C14H29NOS. The Bertz CT molecular complexity index is 236. The van der Waals surface area contributed by atoms with E-state index < -0.39 is 10.8 Å². The largest absolute Gasteiger partial charge is 0.316 e. The van der Waals surface area contributed by atoms with Crippen molar-refractivity contribution in [3.8, 4) is 0 Å². The van der Waals surface area contributed by atoms with Crippen molar-refractivity contribution in [2.24, 2.45) is 11.8 Å². The molecule has 17 heavy (non-hydrogen) atoms. The summed E-state index contributed by atoms with van der Waals surface area (Å²) >= 11 is 0. The lowest BCUT2D eigenvalue weighted by molar-refractivity contribution is 0.293. The van der Waals surface area contributed by atoms with Crippen LogP contribution in [-0.2, 0) is 10.8 Å². The van der Waals surface area contributed by atoms with Crippen molar-refractivity contribution in [1.29, 1.82) is 0 Å². The summed E-state index contributed by atoms with van der Waals surface area (Å²) in [5, 5.41) is 3.72. The molecule has 0 amide bonds. The monoisotopic (exact) mass is 259 g/mol. The Hall–Kier alpha value is 0.110. The van der Waals surface area contributed by atoms with Gasteiger partial charge < -0.3 is 5.32 Å². The molecule has 102 valence electrons. The highest BCUT2D eigenvalue weighted by Gasteiger charge is 2.26. The lowest BCUT2D eigenvalue weighted by atomic mass is 9.84. The first-order chi connectivity index (χ1) is 8.06. The third kappa shape index (κ3) is 4.70. The molecule has 2 nitrogen and oxygen atoms in total. The van der Waals surface area contributed by atoms with Crippen LogP contribution in [0.2, 0.25) is 0 Å². The normalized spacial score (nSPS) is 23.6. The fourth-order valence-electron chi connectivity index (χ4n) is 2.62. The molecule has 0 aromatic carbocycles. The van der Waals surface area contributed by atoms with E-state index in [-0.39, 0.29) is 0 Å². The molecule has 3 unspecified atom stereocenters. The molecule has 1 N–H and O–H groups in total. The molecular weight excluding hydrogens is 230 g/mol. The Morgan fingerprint density at radius 1 is 1.18 bits per heavy atom. The smallest absolute Gasteiger partial charge is 0.0394 e. The second-order valence-electron chi connectivity index (χ2n) is 5.79. The average molecular weight is 259 g/mol. The highest BCUT2D eigenvalue weighted by molar-refractivity contribution is 7.85. The molecule has 0 heterocycles. The minimum absolute atomic E-state index is 0.314. The summed E-state index contributed by atoms with van der Waals surface area (Å²) in [4.78, 5) is 0. The molecule has 3 atom stereocenters. The van der Waals surface area contributed by atoms with Gasteiger partial charge in [0, 0.05) is 27.8 Å². The Morgan fingerprint density at radius 2 is 1.76 bits per heavy atom. The summed E-state index contributed by atoms with van der Waals surface area (Å²) in [5.41, 5.74) is 0. The number of nitrogens with one attached hydrogen (secondary N) is 1. The van der Waals surface area contributed by atoms with Gasteiger partial charge >= 0.3 is 0 Å². The van der Waals surface area contributed by atoms with E-state index in [9.17, 15) is 4.21 Å². The lowest BCUT2D eigenvalue weighted by Crippen LogP contribution is -2.41. The number of hydrogen-bond acceptors (Lipinski definition) is 2. The lowest BCUT2D eigenvalue weighted by Gasteiger charge is -2.30. The van der Waals surface area contributed by atoms with Crippen LogP contribution < -0.4 is 5.32 Å². The number of hydrogen-bond donors (Lipinski definition) is 1. The first kappa shape index (κ1) is 15.2. The highest BCUT2D eigenvalue weighted by atomic mass is 32.2. The van der Waals surface area contributed by atoms with Crippen LogP contribution >= 0.6 is 0 Å². The molecule has 0 spiro atoms. The first-order valence-corrected chi connectivity index (χ1v) is 8.49. The summed E-state index contributed by atoms with van der Waals surface area (Å²) < 4.78 is 12.3. The minimum Gasteiger partial charge on any atom is -0.316 e. The fraction of sp³-hybridized carbons (Fsp3) is 1.00. The van der Waals surface area contributed by atoms with Crippen molar-refractivity contribution in [2.75, 3.05) is 12.8 Å². The molecule has 0 aliphatic heterocycles. The van der Waals surface area contributed by atoms with E-state index in [4.69, 9.17) is 0 Å². The molecule has 3 heteroatoms. The van der Waals surface area contributed by atoms with Gasteiger partial charge in [-0.25, -0.2) is 0 Å². The van der Waals surface area contributed by atoms with Crippen molar-refractivity contribution < 1.29 is 4.21 Å². The standard InChI is InChI=1S/C14H29NOS/c1-11(2)12(3)17(16)10-14(15-4)13-8-6-5-7-9-13/h11-15H,5-10H2,1-4H3. The summed E-state index contributed by atoms with van der Waals surface area (Å²) in [5.74, 6) is 2.09. The topological polar surface area (TPSA) is 29.1 Å². The first-order valence-electron chi connectivity index (χ1n) is 7.10. The summed E-state index contributed by atoms with van der Waals surface area (Å²) in [6.07, 6.45) is 6.74. The third-order valence-corrected chi connectivity index (χ3v) is 6.35. The van der Waals surface area contributed by atoms with Gasteiger partial charge in [-0.1, -0.05) is 40.0 Å². The van der Waals surface area contributed by atoms with Crippen molar-refractivity contribution in [3.63, 3.8) is 0 Å². The van der Waals surface area contributed by atoms with Crippen LogP contribution in [0, 0.1) is 11.8 Å². The Labute approximate surface area is 109 Å². The van der Waals surface area contributed by atoms with Gasteiger partial charge in [-0.2, -0.15) is 0 Å². The summed E-state index contributed by atoms with van der Waals surface area (Å²) in [6.45, 7) is 6.45. The quantitative estimate of drug-likeness (QED) is 0.794. The molecule has 1 aliphatic rings. The molecule has 1 aliphatic carbocycles. The molecule has 1 fully saturated rings. The summed E-state index contributed by atoms with van der Waals surface area (Å²) in [6, 6.07) is 0.456. The van der Waals surface area contributed by atoms with Crippen LogP contribution in [-0.4, -0.2) is 28.3 Å². The van der Waals surface area contributed by atoms with Gasteiger partial charge in [-0.05, 0) is 31.7 Å². The van der Waals surface area contributed by atoms with E-state index >= 15 is 0 Å². The zero-order valence-electron chi connectivity index (χ0n) is 11.9. The van der Waals surface area contributed by atoms with Crippen molar-refractivity contribution in [3.05, 3.63) is 0 Å². The van der Waals surface area contributed by atoms with Gasteiger partial charge in [0.1, 0.15) is 0 Å². The van der Waals surface area contributed by atoms with Crippen LogP contribution in [0.4, 0.5) is 0 Å². The van der Waals surface area contributed by atoms with Crippen molar-refractivity contribution >= 4 is 10.8 Å². The predicted molar refractivity (Wildman–Crippen MR) is 76.7 cm³/mol. The second-order valence-corrected chi connectivity index (χ2v) is 7.63. The van der Waals surface area contributed by atoms with Crippen LogP contribution in [0.25, 0.3) is 0 Å². The molecule has 0 aromatic heterocycles. The Balaban J connectivity index is 2.47. The predicted octanol–water partition coefficient (Wildman–Crippen LogP) is 2.95. The summed E-state index contributed by atoms with van der Waals surface area (Å²) in [7, 11) is 1.34. The maximum absolute atomic E-state index is 12.3. The highest BCUT2D eigenvalue weighted by Crippen LogP contribution is 2.27. The Kier molecular flexibility index (Phi) is 6.71. The molecule has 0 saturated heterocycles. The van der Waals surface area contributed by atoms with E-state index in [2.05, 4.69) is 26.1 Å².